The summed E-state index contributed by atoms with van der Waals surface area (Å²) < 4.78 is 0.925. The van der Waals surface area contributed by atoms with Crippen LogP contribution in [0.25, 0.3) is 0 Å². The fourth-order valence-corrected chi connectivity index (χ4v) is 2.70. The molecule has 4 nitrogen and oxygen atoms in total. The van der Waals surface area contributed by atoms with E-state index in [9.17, 15) is 0 Å². The molecule has 0 aliphatic heterocycles. The fourth-order valence-electron chi connectivity index (χ4n) is 1.53. The van der Waals surface area contributed by atoms with Gasteiger partial charge in [0, 0.05) is 24.0 Å². The van der Waals surface area contributed by atoms with Gasteiger partial charge in [-0.05, 0) is 28.4 Å². The average molecular weight is 327 g/mol. The average Bonchev–Trinajstić information content (AvgIpc) is 2.89. The molecule has 2 heterocycles. The van der Waals surface area contributed by atoms with Gasteiger partial charge < -0.3 is 11.1 Å². The van der Waals surface area contributed by atoms with Crippen LogP contribution >= 0.6 is 27.3 Å². The first-order valence-corrected chi connectivity index (χ1v) is 7.30. The summed E-state index contributed by atoms with van der Waals surface area (Å²) in [5.74, 6) is 1.18. The molecule has 0 fully saturated rings. The highest BCUT2D eigenvalue weighted by Gasteiger charge is 2.11. The van der Waals surface area contributed by atoms with E-state index in [0.29, 0.717) is 11.6 Å². The molecule has 3 N–H and O–H groups in total. The van der Waals surface area contributed by atoms with Crippen molar-refractivity contribution in [3.8, 4) is 0 Å². The smallest absolute Gasteiger partial charge is 0.140 e. The topological polar surface area (TPSA) is 63.8 Å². The molecule has 0 saturated carbocycles. The molecule has 0 aliphatic rings. The summed E-state index contributed by atoms with van der Waals surface area (Å²) in [5, 5.41) is 6.45. The second-order valence-electron chi connectivity index (χ2n) is 4.15. The summed E-state index contributed by atoms with van der Waals surface area (Å²) in [6.45, 7) is 4.91. The van der Waals surface area contributed by atoms with Crippen LogP contribution in [0.2, 0.25) is 0 Å². The molecule has 18 heavy (non-hydrogen) atoms. The lowest BCUT2D eigenvalue weighted by atomic mass is 10.2. The number of nitrogens with one attached hydrogen (secondary N) is 1. The van der Waals surface area contributed by atoms with Crippen molar-refractivity contribution in [1.29, 1.82) is 0 Å². The van der Waals surface area contributed by atoms with Crippen LogP contribution in [-0.2, 0) is 0 Å². The van der Waals surface area contributed by atoms with Gasteiger partial charge in [0.15, 0.2) is 0 Å². The second-order valence-corrected chi connectivity index (χ2v) is 5.87. The van der Waals surface area contributed by atoms with Crippen molar-refractivity contribution in [3.05, 3.63) is 32.8 Å². The Labute approximate surface area is 119 Å². The number of halogens is 1. The minimum Gasteiger partial charge on any atom is -0.397 e. The molecule has 0 amide bonds. The molecule has 2 aromatic heterocycles. The lowest BCUT2D eigenvalue weighted by Gasteiger charge is -2.13. The highest BCUT2D eigenvalue weighted by Crippen LogP contribution is 2.28. The van der Waals surface area contributed by atoms with Gasteiger partial charge in [0.2, 0.25) is 0 Å². The Bertz CT molecular complexity index is 527. The Morgan fingerprint density at radius 2 is 2.28 bits per heavy atom. The number of nitrogen functional groups attached to an aromatic ring is 1. The summed E-state index contributed by atoms with van der Waals surface area (Å²) in [6, 6.07) is 0. The van der Waals surface area contributed by atoms with Crippen molar-refractivity contribution in [2.45, 2.75) is 19.8 Å². The molecule has 2 aromatic rings. The van der Waals surface area contributed by atoms with E-state index in [1.54, 1.807) is 17.5 Å². The quantitative estimate of drug-likeness (QED) is 0.903. The zero-order valence-corrected chi connectivity index (χ0v) is 12.7. The van der Waals surface area contributed by atoms with Crippen molar-refractivity contribution in [3.63, 3.8) is 0 Å². The van der Waals surface area contributed by atoms with Crippen LogP contribution in [0.5, 0.6) is 0 Å². The number of pyridine rings is 1. The predicted octanol–water partition coefficient (Wildman–Crippen LogP) is 3.41. The van der Waals surface area contributed by atoms with Crippen LogP contribution in [0.4, 0.5) is 11.5 Å². The van der Waals surface area contributed by atoms with Crippen LogP contribution < -0.4 is 11.1 Å². The van der Waals surface area contributed by atoms with E-state index in [-0.39, 0.29) is 0 Å². The molecule has 0 spiro atoms. The molecule has 6 heteroatoms. The zero-order valence-electron chi connectivity index (χ0n) is 10.3. The van der Waals surface area contributed by atoms with Crippen molar-refractivity contribution in [2.75, 3.05) is 17.6 Å². The second kappa shape index (κ2) is 5.67. The van der Waals surface area contributed by atoms with E-state index in [2.05, 4.69) is 38.1 Å². The molecule has 1 unspecified atom stereocenters. The number of thiazole rings is 1. The number of aromatic nitrogens is 2. The summed E-state index contributed by atoms with van der Waals surface area (Å²) in [7, 11) is 0. The predicted molar refractivity (Wildman–Crippen MR) is 80.1 cm³/mol. The zero-order chi connectivity index (χ0) is 13.1. The molecular weight excluding hydrogens is 312 g/mol. The third-order valence-electron chi connectivity index (χ3n) is 2.75. The Morgan fingerprint density at radius 1 is 1.50 bits per heavy atom. The van der Waals surface area contributed by atoms with E-state index < -0.39 is 0 Å². The van der Waals surface area contributed by atoms with Gasteiger partial charge in [-0.2, -0.15) is 0 Å². The Balaban J connectivity index is 2.05. The van der Waals surface area contributed by atoms with Gasteiger partial charge in [-0.1, -0.05) is 6.92 Å². The Morgan fingerprint density at radius 3 is 2.94 bits per heavy atom. The number of rotatable bonds is 4. The molecule has 0 aromatic carbocycles. The summed E-state index contributed by atoms with van der Waals surface area (Å²) >= 11 is 5.18. The van der Waals surface area contributed by atoms with Crippen LogP contribution in [-0.4, -0.2) is 16.5 Å². The van der Waals surface area contributed by atoms with Crippen LogP contribution in [0.1, 0.15) is 23.4 Å². The van der Waals surface area contributed by atoms with Gasteiger partial charge in [-0.15, -0.1) is 11.3 Å². The number of nitrogens with two attached hydrogens (primary N) is 1. The first-order chi connectivity index (χ1) is 8.59. The van der Waals surface area contributed by atoms with Gasteiger partial charge in [-0.25, -0.2) is 9.97 Å². The van der Waals surface area contributed by atoms with Gasteiger partial charge in [-0.3, -0.25) is 0 Å². The van der Waals surface area contributed by atoms with Crippen molar-refractivity contribution in [2.24, 2.45) is 0 Å². The Kier molecular flexibility index (Phi) is 4.19. The highest BCUT2D eigenvalue weighted by molar-refractivity contribution is 9.10. The number of anilines is 2. The standard InChI is InChI=1S/C12H15BrN4S/c1-7(12-15-3-4-18-12)5-16-11-10(13)8(2)9(14)6-17-11/h3-4,6-7H,5,14H2,1-2H3,(H,16,17). The molecule has 96 valence electrons. The van der Waals surface area contributed by atoms with Crippen molar-refractivity contribution in [1.82, 2.24) is 9.97 Å². The summed E-state index contributed by atoms with van der Waals surface area (Å²) in [4.78, 5) is 8.60. The maximum atomic E-state index is 5.79. The van der Waals surface area contributed by atoms with Gasteiger partial charge >= 0.3 is 0 Å². The van der Waals surface area contributed by atoms with E-state index in [0.717, 1.165) is 27.4 Å². The van der Waals surface area contributed by atoms with Crippen molar-refractivity contribution < 1.29 is 0 Å². The van der Waals surface area contributed by atoms with Crippen LogP contribution in [0, 0.1) is 6.92 Å². The van der Waals surface area contributed by atoms with Gasteiger partial charge in [0.25, 0.3) is 0 Å². The fraction of sp³-hybridized carbons (Fsp3) is 0.333. The number of hydrogen-bond donors (Lipinski definition) is 2. The molecule has 0 aliphatic carbocycles. The minimum absolute atomic E-state index is 0.358. The number of hydrogen-bond acceptors (Lipinski definition) is 5. The SMILES string of the molecule is Cc1c(N)cnc(NCC(C)c2nccs2)c1Br. The molecule has 0 saturated heterocycles. The summed E-state index contributed by atoms with van der Waals surface area (Å²) in [6.07, 6.45) is 3.51. The largest absolute Gasteiger partial charge is 0.397 e. The van der Waals surface area contributed by atoms with E-state index in [1.165, 1.54) is 0 Å². The van der Waals surface area contributed by atoms with E-state index in [4.69, 9.17) is 5.73 Å². The van der Waals surface area contributed by atoms with Crippen molar-refractivity contribution >= 4 is 38.8 Å². The van der Waals surface area contributed by atoms with E-state index in [1.807, 2.05) is 18.5 Å². The molecular formula is C12H15BrN4S. The normalized spacial score (nSPS) is 12.4. The van der Waals surface area contributed by atoms with E-state index >= 15 is 0 Å². The lowest BCUT2D eigenvalue weighted by Crippen LogP contribution is -2.11. The first kappa shape index (κ1) is 13.3. The number of nitrogens with zero attached hydrogens (tertiary/aromatic N) is 2. The van der Waals surface area contributed by atoms with Crippen LogP contribution in [0.3, 0.4) is 0 Å². The maximum Gasteiger partial charge on any atom is 0.140 e. The highest BCUT2D eigenvalue weighted by atomic mass is 79.9. The van der Waals surface area contributed by atoms with Crippen LogP contribution in [0.15, 0.2) is 22.2 Å². The third-order valence-corrected chi connectivity index (χ3v) is 4.73. The van der Waals surface area contributed by atoms with Gasteiger partial charge in [0.05, 0.1) is 21.4 Å². The first-order valence-electron chi connectivity index (χ1n) is 5.63. The monoisotopic (exact) mass is 326 g/mol. The van der Waals surface area contributed by atoms with Gasteiger partial charge in [0.1, 0.15) is 5.82 Å². The molecule has 1 atom stereocenters. The lowest BCUT2D eigenvalue weighted by molar-refractivity contribution is 0.791. The molecule has 0 bridgehead atoms. The summed E-state index contributed by atoms with van der Waals surface area (Å²) in [5.41, 5.74) is 7.50. The maximum absolute atomic E-state index is 5.79. The molecule has 2 rings (SSSR count). The minimum atomic E-state index is 0.358. The molecule has 0 radical (unpaired) electrons. The Hall–Kier alpha value is -1.14. The third kappa shape index (κ3) is 2.81.